The summed E-state index contributed by atoms with van der Waals surface area (Å²) in [5, 5.41) is 8.61. The lowest BCUT2D eigenvalue weighted by atomic mass is 10.1. The van der Waals surface area contributed by atoms with Gasteiger partial charge in [-0.05, 0) is 25.8 Å². The lowest BCUT2D eigenvalue weighted by Crippen LogP contribution is -2.09. The molecule has 0 spiro atoms. The molecule has 16 heavy (non-hydrogen) atoms. The summed E-state index contributed by atoms with van der Waals surface area (Å²) < 4.78 is 18.5. The molecule has 0 aliphatic rings. The Morgan fingerprint density at radius 3 is 2.81 bits per heavy atom. The van der Waals surface area contributed by atoms with Crippen LogP contribution in [0.3, 0.4) is 0 Å². The van der Waals surface area contributed by atoms with Crippen molar-refractivity contribution in [2.24, 2.45) is 5.73 Å². The number of ether oxygens (including phenoxy) is 1. The molecule has 0 unspecified atom stereocenters. The molecule has 4 heteroatoms. The van der Waals surface area contributed by atoms with E-state index in [-0.39, 0.29) is 18.5 Å². The van der Waals surface area contributed by atoms with E-state index in [1.54, 1.807) is 6.07 Å². The quantitative estimate of drug-likeness (QED) is 0.731. The summed E-state index contributed by atoms with van der Waals surface area (Å²) in [6, 6.07) is 4.17. The molecule has 1 rings (SSSR count). The first-order valence-electron chi connectivity index (χ1n) is 5.44. The Balaban J connectivity index is 2.65. The topological polar surface area (TPSA) is 55.5 Å². The zero-order chi connectivity index (χ0) is 12.0. The number of halogens is 1. The molecule has 1 aromatic rings. The maximum absolute atomic E-state index is 13.0. The van der Waals surface area contributed by atoms with Crippen molar-refractivity contribution in [2.75, 3.05) is 13.2 Å². The van der Waals surface area contributed by atoms with Crippen LogP contribution < -0.4 is 10.5 Å². The van der Waals surface area contributed by atoms with E-state index in [0.717, 1.165) is 12.0 Å². The molecule has 0 saturated carbocycles. The van der Waals surface area contributed by atoms with Crippen molar-refractivity contribution in [3.63, 3.8) is 0 Å². The Bertz CT molecular complexity index is 329. The van der Waals surface area contributed by atoms with Gasteiger partial charge in [-0.2, -0.15) is 0 Å². The predicted octanol–water partition coefficient (Wildman–Crippen LogP) is 2.00. The molecule has 1 atom stereocenters. The molecule has 0 heterocycles. The van der Waals surface area contributed by atoms with Crippen molar-refractivity contribution in [1.82, 2.24) is 0 Å². The third-order valence-electron chi connectivity index (χ3n) is 2.28. The molecule has 0 amide bonds. The summed E-state index contributed by atoms with van der Waals surface area (Å²) in [5.41, 5.74) is 6.55. The van der Waals surface area contributed by atoms with Crippen molar-refractivity contribution in [3.8, 4) is 5.75 Å². The Kier molecular flexibility index (Phi) is 5.22. The highest BCUT2D eigenvalue weighted by Crippen LogP contribution is 2.24. The maximum Gasteiger partial charge on any atom is 0.126 e. The summed E-state index contributed by atoms with van der Waals surface area (Å²) in [5.74, 6) is 0.162. The zero-order valence-corrected chi connectivity index (χ0v) is 9.45. The van der Waals surface area contributed by atoms with Gasteiger partial charge in [0.1, 0.15) is 11.6 Å². The summed E-state index contributed by atoms with van der Waals surface area (Å²) in [4.78, 5) is 0. The molecule has 3 nitrogen and oxygen atoms in total. The van der Waals surface area contributed by atoms with Crippen LogP contribution in [0.15, 0.2) is 18.2 Å². The van der Waals surface area contributed by atoms with Gasteiger partial charge in [0, 0.05) is 24.3 Å². The number of hydrogen-bond donors (Lipinski definition) is 2. The second-order valence-electron chi connectivity index (χ2n) is 3.75. The van der Waals surface area contributed by atoms with Crippen molar-refractivity contribution >= 4 is 0 Å². The Hall–Kier alpha value is -1.13. The van der Waals surface area contributed by atoms with Crippen molar-refractivity contribution in [1.29, 1.82) is 0 Å². The van der Waals surface area contributed by atoms with Gasteiger partial charge in [-0.25, -0.2) is 4.39 Å². The van der Waals surface area contributed by atoms with E-state index >= 15 is 0 Å². The van der Waals surface area contributed by atoms with Crippen LogP contribution in [-0.4, -0.2) is 18.3 Å². The first kappa shape index (κ1) is 12.9. The number of unbranched alkanes of at least 4 members (excludes halogenated alkanes) is 1. The van der Waals surface area contributed by atoms with Crippen molar-refractivity contribution in [2.45, 2.75) is 25.8 Å². The highest BCUT2D eigenvalue weighted by molar-refractivity contribution is 5.36. The van der Waals surface area contributed by atoms with E-state index in [0.29, 0.717) is 18.8 Å². The second-order valence-corrected chi connectivity index (χ2v) is 3.75. The van der Waals surface area contributed by atoms with E-state index in [1.165, 1.54) is 12.1 Å². The van der Waals surface area contributed by atoms with Crippen LogP contribution in [-0.2, 0) is 0 Å². The number of aliphatic hydroxyl groups excluding tert-OH is 1. The molecule has 0 bridgehead atoms. The minimum absolute atomic E-state index is 0.145. The summed E-state index contributed by atoms with van der Waals surface area (Å²) >= 11 is 0. The Labute approximate surface area is 95.0 Å². The third kappa shape index (κ3) is 3.79. The number of benzene rings is 1. The Morgan fingerprint density at radius 2 is 2.19 bits per heavy atom. The van der Waals surface area contributed by atoms with Crippen LogP contribution in [0.25, 0.3) is 0 Å². The summed E-state index contributed by atoms with van der Waals surface area (Å²) in [6.07, 6.45) is 1.42. The SMILES string of the molecule is C[C@H](N)c1ccc(F)cc1OCCCCO. The van der Waals surface area contributed by atoms with E-state index < -0.39 is 0 Å². The van der Waals surface area contributed by atoms with Gasteiger partial charge in [0.15, 0.2) is 0 Å². The number of rotatable bonds is 6. The first-order valence-corrected chi connectivity index (χ1v) is 5.44. The van der Waals surface area contributed by atoms with Crippen LogP contribution in [0.5, 0.6) is 5.75 Å². The number of nitrogens with two attached hydrogens (primary N) is 1. The normalized spacial score (nSPS) is 12.5. The van der Waals surface area contributed by atoms with Gasteiger partial charge < -0.3 is 15.6 Å². The monoisotopic (exact) mass is 227 g/mol. The molecule has 0 aromatic heterocycles. The molecule has 0 aliphatic carbocycles. The average molecular weight is 227 g/mol. The van der Waals surface area contributed by atoms with Crippen molar-refractivity contribution < 1.29 is 14.2 Å². The van der Waals surface area contributed by atoms with Crippen LogP contribution in [0.4, 0.5) is 4.39 Å². The smallest absolute Gasteiger partial charge is 0.126 e. The van der Waals surface area contributed by atoms with Gasteiger partial charge in [-0.3, -0.25) is 0 Å². The lowest BCUT2D eigenvalue weighted by Gasteiger charge is -2.13. The first-order chi connectivity index (χ1) is 7.65. The van der Waals surface area contributed by atoms with E-state index in [9.17, 15) is 4.39 Å². The minimum atomic E-state index is -0.332. The standard InChI is InChI=1S/C12H18FNO2/c1-9(14)11-5-4-10(13)8-12(11)16-7-3-2-6-15/h4-5,8-9,15H,2-3,6-7,14H2,1H3/t9-/m0/s1. The van der Waals surface area contributed by atoms with Gasteiger partial charge >= 0.3 is 0 Å². The fourth-order valence-electron chi connectivity index (χ4n) is 1.41. The molecule has 1 aromatic carbocycles. The molecule has 0 radical (unpaired) electrons. The largest absolute Gasteiger partial charge is 0.493 e. The minimum Gasteiger partial charge on any atom is -0.493 e. The predicted molar refractivity (Wildman–Crippen MR) is 60.8 cm³/mol. The average Bonchev–Trinajstić information content (AvgIpc) is 2.24. The number of hydrogen-bond acceptors (Lipinski definition) is 3. The van der Waals surface area contributed by atoms with E-state index in [2.05, 4.69) is 0 Å². The van der Waals surface area contributed by atoms with Crippen molar-refractivity contribution in [3.05, 3.63) is 29.6 Å². The number of aliphatic hydroxyl groups is 1. The van der Waals surface area contributed by atoms with Gasteiger partial charge in [-0.15, -0.1) is 0 Å². The molecule has 0 fully saturated rings. The fraction of sp³-hybridized carbons (Fsp3) is 0.500. The maximum atomic E-state index is 13.0. The lowest BCUT2D eigenvalue weighted by molar-refractivity contribution is 0.251. The van der Waals surface area contributed by atoms with Crippen LogP contribution in [0, 0.1) is 5.82 Å². The van der Waals surface area contributed by atoms with Crippen LogP contribution in [0.2, 0.25) is 0 Å². The molecule has 90 valence electrons. The van der Waals surface area contributed by atoms with Gasteiger partial charge in [0.25, 0.3) is 0 Å². The van der Waals surface area contributed by atoms with E-state index in [4.69, 9.17) is 15.6 Å². The van der Waals surface area contributed by atoms with Crippen LogP contribution >= 0.6 is 0 Å². The van der Waals surface area contributed by atoms with E-state index in [1.807, 2.05) is 6.92 Å². The highest BCUT2D eigenvalue weighted by Gasteiger charge is 2.09. The second kappa shape index (κ2) is 6.45. The third-order valence-corrected chi connectivity index (χ3v) is 2.28. The van der Waals surface area contributed by atoms with Gasteiger partial charge in [0.2, 0.25) is 0 Å². The van der Waals surface area contributed by atoms with Gasteiger partial charge in [-0.1, -0.05) is 6.07 Å². The molecular weight excluding hydrogens is 209 g/mol. The molecule has 0 aliphatic heterocycles. The molecule has 0 saturated heterocycles. The summed E-state index contributed by atoms with van der Waals surface area (Å²) in [6.45, 7) is 2.43. The van der Waals surface area contributed by atoms with Gasteiger partial charge in [0.05, 0.1) is 6.61 Å². The fourth-order valence-corrected chi connectivity index (χ4v) is 1.41. The highest BCUT2D eigenvalue weighted by atomic mass is 19.1. The zero-order valence-electron chi connectivity index (χ0n) is 9.45. The van der Waals surface area contributed by atoms with Crippen LogP contribution in [0.1, 0.15) is 31.4 Å². The molecule has 3 N–H and O–H groups in total. The summed E-state index contributed by atoms with van der Waals surface area (Å²) in [7, 11) is 0. The Morgan fingerprint density at radius 1 is 1.44 bits per heavy atom. The molecular formula is C12H18FNO2.